The standard InChI is InChI=1S/C6H12N2/c1-7-6(8-2)5-3-4-5/h5H,3-4H2,1-2H3,(H,7,8). The van der Waals surface area contributed by atoms with Crippen molar-refractivity contribution in [2.24, 2.45) is 10.9 Å². The summed E-state index contributed by atoms with van der Waals surface area (Å²) in [6, 6.07) is 0. The molecule has 1 saturated carbocycles. The van der Waals surface area contributed by atoms with Crippen molar-refractivity contribution in [2.75, 3.05) is 14.1 Å². The number of hydrogen-bond donors (Lipinski definition) is 1. The summed E-state index contributed by atoms with van der Waals surface area (Å²) < 4.78 is 0. The van der Waals surface area contributed by atoms with Crippen LogP contribution in [0, 0.1) is 5.92 Å². The molecule has 0 radical (unpaired) electrons. The Morgan fingerprint density at radius 2 is 2.25 bits per heavy atom. The van der Waals surface area contributed by atoms with Gasteiger partial charge in [-0.2, -0.15) is 0 Å². The van der Waals surface area contributed by atoms with Gasteiger partial charge in [0, 0.05) is 20.0 Å². The van der Waals surface area contributed by atoms with Gasteiger partial charge in [0.15, 0.2) is 0 Å². The highest BCUT2D eigenvalue weighted by atomic mass is 15.0. The topological polar surface area (TPSA) is 24.4 Å². The van der Waals surface area contributed by atoms with E-state index in [0.29, 0.717) is 0 Å². The Bertz CT molecular complexity index is 103. The first kappa shape index (κ1) is 5.60. The average molecular weight is 112 g/mol. The van der Waals surface area contributed by atoms with Crippen LogP contribution in [0.15, 0.2) is 4.99 Å². The molecule has 0 spiro atoms. The van der Waals surface area contributed by atoms with E-state index in [1.807, 2.05) is 14.1 Å². The lowest BCUT2D eigenvalue weighted by Gasteiger charge is -1.98. The predicted octanol–water partition coefficient (Wildman–Crippen LogP) is 0.644. The fraction of sp³-hybridized carbons (Fsp3) is 0.833. The molecular formula is C6H12N2. The second-order valence-electron chi connectivity index (χ2n) is 2.13. The molecule has 0 aliphatic heterocycles. The summed E-state index contributed by atoms with van der Waals surface area (Å²) in [4.78, 5) is 4.07. The van der Waals surface area contributed by atoms with Crippen molar-refractivity contribution in [3.8, 4) is 0 Å². The van der Waals surface area contributed by atoms with Crippen molar-refractivity contribution >= 4 is 5.84 Å². The monoisotopic (exact) mass is 112 g/mol. The zero-order valence-electron chi connectivity index (χ0n) is 5.44. The van der Waals surface area contributed by atoms with Gasteiger partial charge in [-0.15, -0.1) is 0 Å². The molecule has 0 atom stereocenters. The van der Waals surface area contributed by atoms with Gasteiger partial charge < -0.3 is 5.32 Å². The third-order valence-corrected chi connectivity index (χ3v) is 1.46. The second kappa shape index (κ2) is 2.16. The van der Waals surface area contributed by atoms with Crippen LogP contribution in [-0.2, 0) is 0 Å². The van der Waals surface area contributed by atoms with Crippen LogP contribution in [0.4, 0.5) is 0 Å². The van der Waals surface area contributed by atoms with Gasteiger partial charge in [0.25, 0.3) is 0 Å². The minimum absolute atomic E-state index is 0.769. The first-order valence-electron chi connectivity index (χ1n) is 3.03. The zero-order chi connectivity index (χ0) is 5.98. The van der Waals surface area contributed by atoms with Crippen LogP contribution >= 0.6 is 0 Å². The van der Waals surface area contributed by atoms with Crippen molar-refractivity contribution in [1.82, 2.24) is 5.32 Å². The fourth-order valence-corrected chi connectivity index (χ4v) is 0.855. The molecule has 8 heavy (non-hydrogen) atoms. The lowest BCUT2D eigenvalue weighted by atomic mass is 10.4. The molecular weight excluding hydrogens is 100 g/mol. The summed E-state index contributed by atoms with van der Waals surface area (Å²) in [6.07, 6.45) is 2.65. The van der Waals surface area contributed by atoms with E-state index in [4.69, 9.17) is 0 Å². The first-order valence-corrected chi connectivity index (χ1v) is 3.03. The van der Waals surface area contributed by atoms with Gasteiger partial charge in [0.1, 0.15) is 0 Å². The van der Waals surface area contributed by atoms with Gasteiger partial charge in [-0.1, -0.05) is 0 Å². The largest absolute Gasteiger partial charge is 0.377 e. The van der Waals surface area contributed by atoms with Crippen molar-refractivity contribution in [3.63, 3.8) is 0 Å². The van der Waals surface area contributed by atoms with Crippen molar-refractivity contribution < 1.29 is 0 Å². The summed E-state index contributed by atoms with van der Waals surface area (Å²) in [5.41, 5.74) is 0. The molecule has 2 heteroatoms. The van der Waals surface area contributed by atoms with Crippen LogP contribution < -0.4 is 5.32 Å². The van der Waals surface area contributed by atoms with Gasteiger partial charge in [-0.25, -0.2) is 0 Å². The third kappa shape index (κ3) is 0.997. The number of nitrogens with zero attached hydrogens (tertiary/aromatic N) is 1. The van der Waals surface area contributed by atoms with E-state index >= 15 is 0 Å². The molecule has 0 amide bonds. The summed E-state index contributed by atoms with van der Waals surface area (Å²) >= 11 is 0. The number of aliphatic imine (C=N–C) groups is 1. The molecule has 1 aliphatic rings. The summed E-state index contributed by atoms with van der Waals surface area (Å²) in [6.45, 7) is 0. The maximum absolute atomic E-state index is 4.07. The average Bonchev–Trinajstić information content (AvgIpc) is 2.53. The summed E-state index contributed by atoms with van der Waals surface area (Å²) in [5, 5.41) is 3.06. The number of hydrogen-bond acceptors (Lipinski definition) is 1. The number of amidine groups is 1. The van der Waals surface area contributed by atoms with Gasteiger partial charge in [-0.3, -0.25) is 4.99 Å². The van der Waals surface area contributed by atoms with E-state index in [9.17, 15) is 0 Å². The Hall–Kier alpha value is -0.530. The summed E-state index contributed by atoms with van der Waals surface area (Å²) in [7, 11) is 3.77. The minimum Gasteiger partial charge on any atom is -0.377 e. The normalized spacial score (nSPS) is 21.0. The van der Waals surface area contributed by atoms with E-state index in [1.54, 1.807) is 0 Å². The molecule has 0 aromatic carbocycles. The van der Waals surface area contributed by atoms with E-state index in [1.165, 1.54) is 18.7 Å². The molecule has 0 aromatic rings. The first-order chi connectivity index (χ1) is 3.88. The molecule has 0 aromatic heterocycles. The van der Waals surface area contributed by atoms with Gasteiger partial charge in [0.05, 0.1) is 5.84 Å². The molecule has 0 heterocycles. The maximum atomic E-state index is 4.07. The van der Waals surface area contributed by atoms with Gasteiger partial charge >= 0.3 is 0 Å². The van der Waals surface area contributed by atoms with Gasteiger partial charge in [0.2, 0.25) is 0 Å². The van der Waals surface area contributed by atoms with E-state index in [-0.39, 0.29) is 0 Å². The van der Waals surface area contributed by atoms with Gasteiger partial charge in [-0.05, 0) is 12.8 Å². The predicted molar refractivity (Wildman–Crippen MR) is 35.1 cm³/mol. The Kier molecular flexibility index (Phi) is 1.51. The van der Waals surface area contributed by atoms with Crippen LogP contribution in [0.25, 0.3) is 0 Å². The fourth-order valence-electron chi connectivity index (χ4n) is 0.855. The van der Waals surface area contributed by atoms with Crippen LogP contribution in [0.2, 0.25) is 0 Å². The van der Waals surface area contributed by atoms with Crippen LogP contribution in [0.3, 0.4) is 0 Å². The van der Waals surface area contributed by atoms with Crippen molar-refractivity contribution in [2.45, 2.75) is 12.8 Å². The Balaban J connectivity index is 2.37. The number of rotatable bonds is 1. The third-order valence-electron chi connectivity index (χ3n) is 1.46. The van der Waals surface area contributed by atoms with E-state index in [2.05, 4.69) is 10.3 Å². The van der Waals surface area contributed by atoms with Crippen LogP contribution in [-0.4, -0.2) is 19.9 Å². The molecule has 0 saturated heterocycles. The van der Waals surface area contributed by atoms with Crippen molar-refractivity contribution in [3.05, 3.63) is 0 Å². The molecule has 2 nitrogen and oxygen atoms in total. The molecule has 46 valence electrons. The Labute approximate surface area is 50.0 Å². The molecule has 0 bridgehead atoms. The van der Waals surface area contributed by atoms with E-state index < -0.39 is 0 Å². The van der Waals surface area contributed by atoms with Crippen LogP contribution in [0.5, 0.6) is 0 Å². The second-order valence-corrected chi connectivity index (χ2v) is 2.13. The molecule has 1 N–H and O–H groups in total. The molecule has 0 unspecified atom stereocenters. The maximum Gasteiger partial charge on any atom is 0.0988 e. The lowest BCUT2D eigenvalue weighted by molar-refractivity contribution is 1.02. The number of nitrogens with one attached hydrogen (secondary N) is 1. The lowest BCUT2D eigenvalue weighted by Crippen LogP contribution is -2.19. The minimum atomic E-state index is 0.769. The quantitative estimate of drug-likeness (QED) is 0.391. The van der Waals surface area contributed by atoms with Crippen LogP contribution in [0.1, 0.15) is 12.8 Å². The Morgan fingerprint density at radius 1 is 1.62 bits per heavy atom. The smallest absolute Gasteiger partial charge is 0.0988 e. The van der Waals surface area contributed by atoms with E-state index in [0.717, 1.165) is 5.92 Å². The Morgan fingerprint density at radius 3 is 2.38 bits per heavy atom. The summed E-state index contributed by atoms with van der Waals surface area (Å²) in [5.74, 6) is 1.94. The molecule has 1 rings (SSSR count). The highest BCUT2D eigenvalue weighted by Crippen LogP contribution is 2.29. The highest BCUT2D eigenvalue weighted by Gasteiger charge is 2.25. The van der Waals surface area contributed by atoms with Crippen molar-refractivity contribution in [1.29, 1.82) is 0 Å². The SMILES string of the molecule is CN=C(NC)C1CC1. The zero-order valence-corrected chi connectivity index (χ0v) is 5.44. The molecule has 1 aliphatic carbocycles. The highest BCUT2D eigenvalue weighted by molar-refractivity contribution is 5.86. The molecule has 1 fully saturated rings.